The Kier molecular flexibility index (Phi) is 4.06. The number of hydrazine groups is 1. The lowest BCUT2D eigenvalue weighted by atomic mass is 10.1. The fraction of sp³-hybridized carbons (Fsp3) is 0.182. The minimum absolute atomic E-state index is 0.101. The molecule has 1 unspecified atom stereocenters. The molecule has 0 aromatic carbocycles. The van der Waals surface area contributed by atoms with Crippen LogP contribution in [0.3, 0.4) is 0 Å². The van der Waals surface area contributed by atoms with Crippen LogP contribution in [0.1, 0.15) is 16.5 Å². The Labute approximate surface area is 107 Å². The molecule has 2 aromatic heterocycles. The Bertz CT molecular complexity index is 444. The topological polar surface area (TPSA) is 50.9 Å². The van der Waals surface area contributed by atoms with Crippen LogP contribution in [0, 0.1) is 0 Å². The zero-order valence-corrected chi connectivity index (χ0v) is 11.0. The average molecular weight is 298 g/mol. The van der Waals surface area contributed by atoms with Crippen LogP contribution >= 0.6 is 27.3 Å². The lowest BCUT2D eigenvalue weighted by Crippen LogP contribution is -2.29. The van der Waals surface area contributed by atoms with Gasteiger partial charge in [0.15, 0.2) is 0 Å². The largest absolute Gasteiger partial charge is 0.271 e. The number of hydrogen-bond acceptors (Lipinski definition) is 4. The first-order chi connectivity index (χ1) is 7.81. The lowest BCUT2D eigenvalue weighted by molar-refractivity contribution is 0.553. The van der Waals surface area contributed by atoms with Gasteiger partial charge in [0.1, 0.15) is 0 Å². The average Bonchev–Trinajstić information content (AvgIpc) is 2.73. The molecule has 0 spiro atoms. The Morgan fingerprint density at radius 2 is 2.38 bits per heavy atom. The van der Waals surface area contributed by atoms with E-state index in [0.29, 0.717) is 0 Å². The van der Waals surface area contributed by atoms with Crippen LogP contribution in [0.4, 0.5) is 0 Å². The lowest BCUT2D eigenvalue weighted by Gasteiger charge is -2.15. The molecule has 0 aliphatic carbocycles. The number of hydrogen-bond donors (Lipinski definition) is 2. The van der Waals surface area contributed by atoms with Crippen molar-refractivity contribution in [2.24, 2.45) is 5.84 Å². The highest BCUT2D eigenvalue weighted by Crippen LogP contribution is 2.27. The molecule has 0 aliphatic heterocycles. The summed E-state index contributed by atoms with van der Waals surface area (Å²) in [6, 6.07) is 6.10. The SMILES string of the molecule is NNC(Cc1sccc1Br)c1cccnc1. The molecule has 5 heteroatoms. The summed E-state index contributed by atoms with van der Waals surface area (Å²) in [5.74, 6) is 5.58. The van der Waals surface area contributed by atoms with Gasteiger partial charge >= 0.3 is 0 Å². The summed E-state index contributed by atoms with van der Waals surface area (Å²) in [4.78, 5) is 5.39. The molecular formula is C11H12BrN3S. The van der Waals surface area contributed by atoms with E-state index in [1.807, 2.05) is 18.3 Å². The van der Waals surface area contributed by atoms with Crippen LogP contribution in [0.25, 0.3) is 0 Å². The predicted molar refractivity (Wildman–Crippen MR) is 70.0 cm³/mol. The van der Waals surface area contributed by atoms with Gasteiger partial charge in [0.05, 0.1) is 6.04 Å². The molecule has 1 atom stereocenters. The van der Waals surface area contributed by atoms with Crippen LogP contribution < -0.4 is 11.3 Å². The summed E-state index contributed by atoms with van der Waals surface area (Å²) >= 11 is 5.25. The van der Waals surface area contributed by atoms with Crippen LogP contribution in [0.2, 0.25) is 0 Å². The molecule has 0 amide bonds. The third kappa shape index (κ3) is 2.68. The van der Waals surface area contributed by atoms with E-state index in [0.717, 1.165) is 16.5 Å². The fourth-order valence-electron chi connectivity index (χ4n) is 1.51. The maximum atomic E-state index is 5.58. The number of thiophene rings is 1. The van der Waals surface area contributed by atoms with Crippen molar-refractivity contribution >= 4 is 27.3 Å². The molecule has 0 saturated heterocycles. The third-order valence-corrected chi connectivity index (χ3v) is 4.32. The van der Waals surface area contributed by atoms with E-state index in [1.54, 1.807) is 17.5 Å². The van der Waals surface area contributed by atoms with E-state index < -0.39 is 0 Å². The number of aromatic nitrogens is 1. The minimum atomic E-state index is 0.101. The number of nitrogens with one attached hydrogen (secondary N) is 1. The van der Waals surface area contributed by atoms with Crippen molar-refractivity contribution in [3.05, 3.63) is 50.9 Å². The molecule has 16 heavy (non-hydrogen) atoms. The Morgan fingerprint density at radius 1 is 1.50 bits per heavy atom. The van der Waals surface area contributed by atoms with E-state index in [-0.39, 0.29) is 6.04 Å². The molecule has 0 fully saturated rings. The minimum Gasteiger partial charge on any atom is -0.271 e. The fourth-order valence-corrected chi connectivity index (χ4v) is 3.07. The second kappa shape index (κ2) is 5.54. The summed E-state index contributed by atoms with van der Waals surface area (Å²) in [5, 5.41) is 2.07. The summed E-state index contributed by atoms with van der Waals surface area (Å²) < 4.78 is 1.14. The van der Waals surface area contributed by atoms with Crippen LogP contribution in [-0.2, 0) is 6.42 Å². The monoisotopic (exact) mass is 297 g/mol. The van der Waals surface area contributed by atoms with Gasteiger partial charge in [-0.1, -0.05) is 6.07 Å². The molecule has 84 valence electrons. The zero-order valence-electron chi connectivity index (χ0n) is 8.56. The first-order valence-corrected chi connectivity index (χ1v) is 6.56. The predicted octanol–water partition coefficient (Wildman–Crippen LogP) is 2.65. The summed E-state index contributed by atoms with van der Waals surface area (Å²) in [5.41, 5.74) is 3.93. The molecule has 3 N–H and O–H groups in total. The maximum Gasteiger partial charge on any atom is 0.0523 e. The number of nitrogens with two attached hydrogens (primary N) is 1. The number of halogens is 1. The van der Waals surface area contributed by atoms with Crippen LogP contribution in [0.5, 0.6) is 0 Å². The first kappa shape index (κ1) is 11.7. The number of pyridine rings is 1. The standard InChI is InChI=1S/C11H12BrN3S/c12-9-3-5-16-11(9)6-10(15-13)8-2-1-4-14-7-8/h1-5,7,10,15H,6,13H2. The van der Waals surface area contributed by atoms with Crippen LogP contribution in [-0.4, -0.2) is 4.98 Å². The highest BCUT2D eigenvalue weighted by Gasteiger charge is 2.13. The van der Waals surface area contributed by atoms with Gasteiger partial charge in [0.25, 0.3) is 0 Å². The second-order valence-corrected chi connectivity index (χ2v) is 5.26. The van der Waals surface area contributed by atoms with Crippen molar-refractivity contribution in [2.75, 3.05) is 0 Å². The van der Waals surface area contributed by atoms with E-state index in [9.17, 15) is 0 Å². The van der Waals surface area contributed by atoms with Gasteiger partial charge in [-0.15, -0.1) is 11.3 Å². The van der Waals surface area contributed by atoms with Gasteiger partial charge in [-0.05, 0) is 39.0 Å². The Morgan fingerprint density at radius 3 is 2.94 bits per heavy atom. The highest BCUT2D eigenvalue weighted by molar-refractivity contribution is 9.10. The molecule has 0 saturated carbocycles. The Hall–Kier alpha value is -0.750. The van der Waals surface area contributed by atoms with Gasteiger partial charge in [-0.3, -0.25) is 16.3 Å². The van der Waals surface area contributed by atoms with E-state index in [1.165, 1.54) is 4.88 Å². The molecule has 2 heterocycles. The van der Waals surface area contributed by atoms with Crippen molar-refractivity contribution in [3.63, 3.8) is 0 Å². The van der Waals surface area contributed by atoms with Crippen molar-refractivity contribution < 1.29 is 0 Å². The molecular weight excluding hydrogens is 286 g/mol. The van der Waals surface area contributed by atoms with Crippen molar-refractivity contribution in [1.82, 2.24) is 10.4 Å². The molecule has 0 bridgehead atoms. The quantitative estimate of drug-likeness (QED) is 0.674. The number of nitrogens with zero attached hydrogens (tertiary/aromatic N) is 1. The third-order valence-electron chi connectivity index (χ3n) is 2.37. The van der Waals surface area contributed by atoms with Crippen molar-refractivity contribution in [3.8, 4) is 0 Å². The van der Waals surface area contributed by atoms with Crippen molar-refractivity contribution in [1.29, 1.82) is 0 Å². The summed E-state index contributed by atoms with van der Waals surface area (Å²) in [6.45, 7) is 0. The van der Waals surface area contributed by atoms with Crippen LogP contribution in [0.15, 0.2) is 40.4 Å². The highest BCUT2D eigenvalue weighted by atomic mass is 79.9. The summed E-state index contributed by atoms with van der Waals surface area (Å²) in [6.07, 6.45) is 4.46. The van der Waals surface area contributed by atoms with E-state index in [4.69, 9.17) is 5.84 Å². The van der Waals surface area contributed by atoms with Gasteiger partial charge in [-0.25, -0.2) is 0 Å². The molecule has 2 rings (SSSR count). The van der Waals surface area contributed by atoms with E-state index >= 15 is 0 Å². The number of rotatable bonds is 4. The van der Waals surface area contributed by atoms with Gasteiger partial charge in [0.2, 0.25) is 0 Å². The zero-order chi connectivity index (χ0) is 11.4. The molecule has 3 nitrogen and oxygen atoms in total. The van der Waals surface area contributed by atoms with Gasteiger partial charge in [-0.2, -0.15) is 0 Å². The second-order valence-electron chi connectivity index (χ2n) is 3.40. The van der Waals surface area contributed by atoms with Gasteiger partial charge < -0.3 is 0 Å². The van der Waals surface area contributed by atoms with Crippen molar-refractivity contribution in [2.45, 2.75) is 12.5 Å². The first-order valence-electron chi connectivity index (χ1n) is 4.89. The normalized spacial score (nSPS) is 12.6. The maximum absolute atomic E-state index is 5.58. The molecule has 0 radical (unpaired) electrons. The van der Waals surface area contributed by atoms with E-state index in [2.05, 4.69) is 37.8 Å². The molecule has 0 aliphatic rings. The summed E-state index contributed by atoms with van der Waals surface area (Å²) in [7, 11) is 0. The van der Waals surface area contributed by atoms with Gasteiger partial charge in [0, 0.05) is 28.2 Å². The molecule has 2 aromatic rings. The Balaban J connectivity index is 2.16. The smallest absolute Gasteiger partial charge is 0.0523 e.